The van der Waals surface area contributed by atoms with E-state index in [4.69, 9.17) is 4.74 Å². The van der Waals surface area contributed by atoms with Crippen LogP contribution in [0.5, 0.6) is 5.75 Å². The molecule has 120 valence electrons. The maximum Gasteiger partial charge on any atom is 0.262 e. The van der Waals surface area contributed by atoms with Crippen LogP contribution in [0.25, 0.3) is 0 Å². The van der Waals surface area contributed by atoms with Crippen molar-refractivity contribution in [2.24, 2.45) is 0 Å². The fourth-order valence-electron chi connectivity index (χ4n) is 2.32. The number of aldehydes is 1. The molecular formula is C18H19NO3S. The molecule has 4 nitrogen and oxygen atoms in total. The number of carbonyl (C=O) groups excluding carboxylic acids is 2. The van der Waals surface area contributed by atoms with Crippen molar-refractivity contribution in [2.45, 2.75) is 18.7 Å². The molecule has 0 aliphatic rings. The van der Waals surface area contributed by atoms with Crippen molar-refractivity contribution in [3.05, 3.63) is 53.1 Å². The van der Waals surface area contributed by atoms with Gasteiger partial charge in [-0.1, -0.05) is 6.07 Å². The van der Waals surface area contributed by atoms with Crippen LogP contribution in [0.3, 0.4) is 0 Å². The van der Waals surface area contributed by atoms with E-state index in [9.17, 15) is 9.59 Å². The van der Waals surface area contributed by atoms with E-state index in [0.717, 1.165) is 28.0 Å². The second-order valence-corrected chi connectivity index (χ2v) is 6.05. The lowest BCUT2D eigenvalue weighted by Gasteiger charge is -2.13. The number of nitrogens with one attached hydrogen (secondary N) is 1. The van der Waals surface area contributed by atoms with E-state index in [2.05, 4.69) is 5.32 Å². The number of ether oxygens (including phenoxy) is 1. The van der Waals surface area contributed by atoms with Gasteiger partial charge in [0, 0.05) is 16.1 Å². The van der Waals surface area contributed by atoms with Gasteiger partial charge in [0.2, 0.25) is 0 Å². The van der Waals surface area contributed by atoms with Crippen molar-refractivity contribution in [3.8, 4) is 5.75 Å². The summed E-state index contributed by atoms with van der Waals surface area (Å²) in [7, 11) is 0. The zero-order chi connectivity index (χ0) is 16.8. The third kappa shape index (κ3) is 4.60. The fraction of sp³-hybridized carbons (Fsp3) is 0.222. The van der Waals surface area contributed by atoms with Crippen LogP contribution in [0, 0.1) is 13.8 Å². The summed E-state index contributed by atoms with van der Waals surface area (Å²) in [6.07, 6.45) is 2.79. The van der Waals surface area contributed by atoms with E-state index in [1.54, 1.807) is 23.9 Å². The Balaban J connectivity index is 2.00. The molecule has 1 N–H and O–H groups in total. The van der Waals surface area contributed by atoms with Gasteiger partial charge < -0.3 is 10.1 Å². The van der Waals surface area contributed by atoms with Gasteiger partial charge >= 0.3 is 0 Å². The molecule has 0 saturated carbocycles. The predicted molar refractivity (Wildman–Crippen MR) is 93.7 cm³/mol. The molecule has 0 bridgehead atoms. The number of anilines is 1. The lowest BCUT2D eigenvalue weighted by molar-refractivity contribution is -0.118. The molecule has 0 spiro atoms. The Morgan fingerprint density at radius 3 is 2.52 bits per heavy atom. The van der Waals surface area contributed by atoms with E-state index in [-0.39, 0.29) is 12.5 Å². The van der Waals surface area contributed by atoms with E-state index in [0.29, 0.717) is 11.3 Å². The van der Waals surface area contributed by atoms with Crippen LogP contribution in [-0.4, -0.2) is 25.1 Å². The van der Waals surface area contributed by atoms with Gasteiger partial charge in [0.1, 0.15) is 12.0 Å². The maximum atomic E-state index is 12.0. The first kappa shape index (κ1) is 17.1. The number of thioether (sulfide) groups is 1. The maximum absolute atomic E-state index is 12.0. The first-order chi connectivity index (χ1) is 11.0. The highest BCUT2D eigenvalue weighted by molar-refractivity contribution is 7.98. The summed E-state index contributed by atoms with van der Waals surface area (Å²) in [5, 5.41) is 2.81. The molecule has 2 rings (SSSR count). The fourth-order valence-corrected chi connectivity index (χ4v) is 2.77. The summed E-state index contributed by atoms with van der Waals surface area (Å²) >= 11 is 1.62. The van der Waals surface area contributed by atoms with Gasteiger partial charge in [-0.3, -0.25) is 9.59 Å². The van der Waals surface area contributed by atoms with Crippen LogP contribution in [0.15, 0.2) is 41.3 Å². The second kappa shape index (κ2) is 7.83. The summed E-state index contributed by atoms with van der Waals surface area (Å²) < 4.78 is 5.62. The Hall–Kier alpha value is -2.27. The third-order valence-corrected chi connectivity index (χ3v) is 4.05. The molecule has 0 atom stereocenters. The molecule has 0 radical (unpaired) electrons. The molecule has 2 aromatic rings. The largest absolute Gasteiger partial charge is 0.483 e. The summed E-state index contributed by atoms with van der Waals surface area (Å²) in [6, 6.07) is 11.1. The van der Waals surface area contributed by atoms with Gasteiger partial charge in [0.05, 0.1) is 0 Å². The molecule has 1 amide bonds. The minimum absolute atomic E-state index is 0.0778. The highest BCUT2D eigenvalue weighted by Crippen LogP contribution is 2.24. The van der Waals surface area contributed by atoms with Crippen LogP contribution in [0.2, 0.25) is 0 Å². The van der Waals surface area contributed by atoms with Gasteiger partial charge in [0.25, 0.3) is 5.91 Å². The first-order valence-corrected chi connectivity index (χ1v) is 8.39. The van der Waals surface area contributed by atoms with Gasteiger partial charge in [-0.2, -0.15) is 0 Å². The zero-order valence-corrected chi connectivity index (χ0v) is 14.2. The first-order valence-electron chi connectivity index (χ1n) is 7.16. The number of amides is 1. The van der Waals surface area contributed by atoms with E-state index >= 15 is 0 Å². The molecule has 5 heteroatoms. The average molecular weight is 329 g/mol. The predicted octanol–water partition coefficient (Wildman–Crippen LogP) is 3.86. The van der Waals surface area contributed by atoms with Crippen molar-refractivity contribution in [2.75, 3.05) is 18.2 Å². The number of hydrogen-bond acceptors (Lipinski definition) is 4. The number of aryl methyl sites for hydroxylation is 2. The van der Waals surface area contributed by atoms with Gasteiger partial charge in [-0.25, -0.2) is 0 Å². The summed E-state index contributed by atoms with van der Waals surface area (Å²) in [5.41, 5.74) is 3.02. The Labute approximate surface area is 140 Å². The second-order valence-electron chi connectivity index (χ2n) is 5.17. The summed E-state index contributed by atoms with van der Waals surface area (Å²) in [4.78, 5) is 24.0. The van der Waals surface area contributed by atoms with Crippen LogP contribution >= 0.6 is 11.8 Å². The molecule has 0 aromatic heterocycles. The third-order valence-electron chi connectivity index (χ3n) is 3.32. The Morgan fingerprint density at radius 1 is 1.22 bits per heavy atom. The summed E-state index contributed by atoms with van der Waals surface area (Å²) in [6.45, 7) is 3.63. The van der Waals surface area contributed by atoms with Gasteiger partial charge in [-0.15, -0.1) is 11.8 Å². The highest BCUT2D eigenvalue weighted by Gasteiger charge is 2.09. The van der Waals surface area contributed by atoms with E-state index in [1.807, 2.05) is 44.4 Å². The molecule has 0 heterocycles. The number of hydrogen-bond donors (Lipinski definition) is 1. The zero-order valence-electron chi connectivity index (χ0n) is 13.4. The minimum Gasteiger partial charge on any atom is -0.483 e. The van der Waals surface area contributed by atoms with Crippen molar-refractivity contribution in [1.29, 1.82) is 0 Å². The van der Waals surface area contributed by atoms with Crippen LogP contribution in [0.4, 0.5) is 5.69 Å². The van der Waals surface area contributed by atoms with Crippen molar-refractivity contribution in [1.82, 2.24) is 0 Å². The average Bonchev–Trinajstić information content (AvgIpc) is 2.54. The van der Waals surface area contributed by atoms with E-state index < -0.39 is 0 Å². The minimum atomic E-state index is -0.221. The molecule has 23 heavy (non-hydrogen) atoms. The lowest BCUT2D eigenvalue weighted by atomic mass is 10.1. The number of benzene rings is 2. The van der Waals surface area contributed by atoms with E-state index in [1.165, 1.54) is 0 Å². The van der Waals surface area contributed by atoms with Crippen LogP contribution in [0.1, 0.15) is 21.5 Å². The molecule has 0 aliphatic heterocycles. The van der Waals surface area contributed by atoms with Gasteiger partial charge in [0.15, 0.2) is 6.61 Å². The Kier molecular flexibility index (Phi) is 5.82. The molecule has 0 saturated heterocycles. The quantitative estimate of drug-likeness (QED) is 0.646. The van der Waals surface area contributed by atoms with Crippen molar-refractivity contribution >= 4 is 29.6 Å². The Bertz CT molecular complexity index is 705. The molecule has 0 fully saturated rings. The summed E-state index contributed by atoms with van der Waals surface area (Å²) in [5.74, 6) is 0.421. The van der Waals surface area contributed by atoms with Crippen molar-refractivity contribution in [3.63, 3.8) is 0 Å². The van der Waals surface area contributed by atoms with Crippen LogP contribution < -0.4 is 10.1 Å². The van der Waals surface area contributed by atoms with Crippen molar-refractivity contribution < 1.29 is 14.3 Å². The molecule has 0 unspecified atom stereocenters. The SMILES string of the molecule is CSc1cccc(NC(=O)COc2c(C)cc(C=O)cc2C)c1. The topological polar surface area (TPSA) is 55.4 Å². The van der Waals surface area contributed by atoms with Crippen LogP contribution in [-0.2, 0) is 4.79 Å². The highest BCUT2D eigenvalue weighted by atomic mass is 32.2. The molecular weight excluding hydrogens is 310 g/mol. The standard InChI is InChI=1S/C18H19NO3S/c1-12-7-14(10-20)8-13(2)18(12)22-11-17(21)19-15-5-4-6-16(9-15)23-3/h4-10H,11H2,1-3H3,(H,19,21). The van der Waals surface area contributed by atoms with Gasteiger partial charge in [-0.05, 0) is 61.6 Å². The number of rotatable bonds is 6. The lowest BCUT2D eigenvalue weighted by Crippen LogP contribution is -2.20. The smallest absolute Gasteiger partial charge is 0.262 e. The molecule has 0 aliphatic carbocycles. The number of carbonyl (C=O) groups is 2. The monoisotopic (exact) mass is 329 g/mol. The Morgan fingerprint density at radius 2 is 1.91 bits per heavy atom. The normalized spacial score (nSPS) is 10.2. The molecule has 2 aromatic carbocycles.